The molecule has 0 aliphatic heterocycles. The molecule has 0 fully saturated rings. The van der Waals surface area contributed by atoms with Gasteiger partial charge in [-0.1, -0.05) is 194 Å². The molecular formula is C56H39N. The fourth-order valence-electron chi connectivity index (χ4n) is 8.21. The molecule has 0 atom stereocenters. The van der Waals surface area contributed by atoms with Gasteiger partial charge >= 0.3 is 0 Å². The van der Waals surface area contributed by atoms with Crippen molar-refractivity contribution in [3.8, 4) is 55.6 Å². The number of hydrogen-bond acceptors (Lipinski definition) is 1. The van der Waals surface area contributed by atoms with Gasteiger partial charge in [0.15, 0.2) is 0 Å². The zero-order chi connectivity index (χ0) is 38.0. The van der Waals surface area contributed by atoms with E-state index in [-0.39, 0.29) is 0 Å². The quantitative estimate of drug-likeness (QED) is 0.151. The molecule has 1 heteroatoms. The molecule has 0 aliphatic rings. The molecule has 0 radical (unpaired) electrons. The molecule has 268 valence electrons. The van der Waals surface area contributed by atoms with Crippen LogP contribution in [0.2, 0.25) is 0 Å². The van der Waals surface area contributed by atoms with Crippen LogP contribution in [0, 0.1) is 0 Å². The number of fused-ring (bicyclic) bond motifs is 2. The summed E-state index contributed by atoms with van der Waals surface area (Å²) in [6.07, 6.45) is 0. The molecule has 10 aromatic rings. The molecule has 0 aromatic heterocycles. The van der Waals surface area contributed by atoms with Crippen LogP contribution in [-0.4, -0.2) is 0 Å². The zero-order valence-corrected chi connectivity index (χ0v) is 31.5. The molecule has 0 unspecified atom stereocenters. The number of rotatable bonds is 8. The van der Waals surface area contributed by atoms with E-state index in [0.717, 1.165) is 17.1 Å². The maximum atomic E-state index is 2.41. The van der Waals surface area contributed by atoms with Gasteiger partial charge in [0.25, 0.3) is 0 Å². The lowest BCUT2D eigenvalue weighted by Gasteiger charge is -2.29. The lowest BCUT2D eigenvalue weighted by molar-refractivity contribution is 1.28. The number of nitrogens with zero attached hydrogens (tertiary/aromatic N) is 1. The van der Waals surface area contributed by atoms with E-state index in [1.807, 2.05) is 0 Å². The van der Waals surface area contributed by atoms with E-state index in [2.05, 4.69) is 241 Å². The first-order valence-corrected chi connectivity index (χ1v) is 19.6. The highest BCUT2D eigenvalue weighted by molar-refractivity contribution is 6.04. The van der Waals surface area contributed by atoms with Gasteiger partial charge in [0, 0.05) is 16.9 Å². The summed E-state index contributed by atoms with van der Waals surface area (Å²) in [5.74, 6) is 0. The Balaban J connectivity index is 1.12. The van der Waals surface area contributed by atoms with Gasteiger partial charge in [-0.05, 0) is 114 Å². The van der Waals surface area contributed by atoms with Gasteiger partial charge in [0.05, 0.1) is 5.69 Å². The highest BCUT2D eigenvalue weighted by atomic mass is 15.1. The molecule has 0 bridgehead atoms. The van der Waals surface area contributed by atoms with E-state index in [9.17, 15) is 0 Å². The van der Waals surface area contributed by atoms with Gasteiger partial charge < -0.3 is 4.90 Å². The van der Waals surface area contributed by atoms with Crippen molar-refractivity contribution in [1.82, 2.24) is 0 Å². The summed E-state index contributed by atoms with van der Waals surface area (Å²) in [6.45, 7) is 0. The molecule has 0 N–H and O–H groups in total. The summed E-state index contributed by atoms with van der Waals surface area (Å²) in [5.41, 5.74) is 15.3. The summed E-state index contributed by atoms with van der Waals surface area (Å²) in [6, 6.07) is 85.7. The maximum Gasteiger partial charge on any atom is 0.0540 e. The van der Waals surface area contributed by atoms with Crippen molar-refractivity contribution < 1.29 is 0 Å². The van der Waals surface area contributed by atoms with E-state index < -0.39 is 0 Å². The van der Waals surface area contributed by atoms with Crippen molar-refractivity contribution in [1.29, 1.82) is 0 Å². The number of hydrogen-bond donors (Lipinski definition) is 0. The smallest absolute Gasteiger partial charge is 0.0540 e. The third kappa shape index (κ3) is 6.66. The largest absolute Gasteiger partial charge is 0.310 e. The van der Waals surface area contributed by atoms with Crippen LogP contribution in [-0.2, 0) is 0 Å². The van der Waals surface area contributed by atoms with Gasteiger partial charge in [-0.2, -0.15) is 0 Å². The first kappa shape index (κ1) is 34.0. The Morgan fingerprint density at radius 3 is 1.39 bits per heavy atom. The van der Waals surface area contributed by atoms with E-state index >= 15 is 0 Å². The maximum absolute atomic E-state index is 2.41. The standard InChI is InChI=1S/C56H39N/c1-4-14-40(15-5-1)49-31-37-55(54(39-49)43-17-6-2-7-18-43)57(50-32-26-42(27-33-50)48-25-24-41-16-10-11-22-47(41)38-48)51-34-28-45(29-35-51)53-36-30-44-19-12-13-23-52(44)56(53)46-20-8-3-9-21-46/h1-39H. The Labute approximate surface area is 334 Å². The van der Waals surface area contributed by atoms with Crippen LogP contribution in [0.4, 0.5) is 17.1 Å². The lowest BCUT2D eigenvalue weighted by Crippen LogP contribution is -2.11. The van der Waals surface area contributed by atoms with Crippen molar-refractivity contribution >= 4 is 38.6 Å². The molecule has 0 spiro atoms. The average Bonchev–Trinajstić information content (AvgIpc) is 3.30. The van der Waals surface area contributed by atoms with Gasteiger partial charge in [0.1, 0.15) is 0 Å². The molecule has 0 amide bonds. The Morgan fingerprint density at radius 2 is 0.702 bits per heavy atom. The second-order valence-corrected chi connectivity index (χ2v) is 14.5. The SMILES string of the molecule is c1ccc(-c2ccc(N(c3ccc(-c4ccc5ccccc5c4)cc3)c3ccc(-c4ccc5ccccc5c4-c4ccccc4)cc3)c(-c3ccccc3)c2)cc1. The van der Waals surface area contributed by atoms with Crippen molar-refractivity contribution in [2.45, 2.75) is 0 Å². The first-order chi connectivity index (χ1) is 28.3. The fraction of sp³-hybridized carbons (Fsp3) is 0. The highest BCUT2D eigenvalue weighted by Gasteiger charge is 2.20. The Kier molecular flexibility index (Phi) is 8.95. The first-order valence-electron chi connectivity index (χ1n) is 19.6. The summed E-state index contributed by atoms with van der Waals surface area (Å²) >= 11 is 0. The topological polar surface area (TPSA) is 3.24 Å². The third-order valence-corrected chi connectivity index (χ3v) is 11.1. The van der Waals surface area contributed by atoms with Gasteiger partial charge in [-0.25, -0.2) is 0 Å². The molecule has 0 aliphatic carbocycles. The molecule has 0 saturated heterocycles. The van der Waals surface area contributed by atoms with Crippen LogP contribution < -0.4 is 4.90 Å². The van der Waals surface area contributed by atoms with E-state index in [1.165, 1.54) is 77.2 Å². The molecule has 57 heavy (non-hydrogen) atoms. The minimum Gasteiger partial charge on any atom is -0.310 e. The fourth-order valence-corrected chi connectivity index (χ4v) is 8.21. The summed E-state index contributed by atoms with van der Waals surface area (Å²) in [4.78, 5) is 2.41. The van der Waals surface area contributed by atoms with E-state index in [0.29, 0.717) is 0 Å². The summed E-state index contributed by atoms with van der Waals surface area (Å²) < 4.78 is 0. The molecule has 0 saturated carbocycles. The number of anilines is 3. The van der Waals surface area contributed by atoms with Crippen LogP contribution in [0.1, 0.15) is 0 Å². The van der Waals surface area contributed by atoms with Crippen molar-refractivity contribution in [3.05, 3.63) is 237 Å². The minimum absolute atomic E-state index is 1.09. The molecule has 10 rings (SSSR count). The van der Waals surface area contributed by atoms with Gasteiger partial charge in [-0.15, -0.1) is 0 Å². The highest BCUT2D eigenvalue weighted by Crippen LogP contribution is 2.45. The van der Waals surface area contributed by atoms with E-state index in [1.54, 1.807) is 0 Å². The zero-order valence-electron chi connectivity index (χ0n) is 31.5. The van der Waals surface area contributed by atoms with Crippen LogP contribution in [0.3, 0.4) is 0 Å². The Hall–Kier alpha value is -7.48. The third-order valence-electron chi connectivity index (χ3n) is 11.1. The predicted octanol–water partition coefficient (Wildman–Crippen LogP) is 15.8. The lowest BCUT2D eigenvalue weighted by atomic mass is 9.89. The van der Waals surface area contributed by atoms with Crippen molar-refractivity contribution in [3.63, 3.8) is 0 Å². The second-order valence-electron chi connectivity index (χ2n) is 14.5. The predicted molar refractivity (Wildman–Crippen MR) is 243 cm³/mol. The number of benzene rings is 10. The second kappa shape index (κ2) is 15.0. The van der Waals surface area contributed by atoms with Gasteiger partial charge in [-0.3, -0.25) is 0 Å². The molecule has 0 heterocycles. The minimum atomic E-state index is 1.09. The van der Waals surface area contributed by atoms with E-state index in [4.69, 9.17) is 0 Å². The molecule has 1 nitrogen and oxygen atoms in total. The normalized spacial score (nSPS) is 11.2. The Bertz CT molecular complexity index is 2970. The van der Waals surface area contributed by atoms with Crippen LogP contribution in [0.5, 0.6) is 0 Å². The van der Waals surface area contributed by atoms with Crippen molar-refractivity contribution in [2.75, 3.05) is 4.90 Å². The van der Waals surface area contributed by atoms with Crippen LogP contribution >= 0.6 is 0 Å². The summed E-state index contributed by atoms with van der Waals surface area (Å²) in [7, 11) is 0. The summed E-state index contributed by atoms with van der Waals surface area (Å²) in [5, 5.41) is 4.99. The monoisotopic (exact) mass is 725 g/mol. The van der Waals surface area contributed by atoms with Gasteiger partial charge in [0.2, 0.25) is 0 Å². The molecule has 10 aromatic carbocycles. The Morgan fingerprint density at radius 1 is 0.246 bits per heavy atom. The molecular weight excluding hydrogens is 687 g/mol. The van der Waals surface area contributed by atoms with Crippen LogP contribution in [0.15, 0.2) is 237 Å². The average molecular weight is 726 g/mol. The van der Waals surface area contributed by atoms with Crippen molar-refractivity contribution in [2.24, 2.45) is 0 Å². The van der Waals surface area contributed by atoms with Crippen LogP contribution in [0.25, 0.3) is 77.2 Å².